The van der Waals surface area contributed by atoms with Gasteiger partial charge in [-0.15, -0.1) is 0 Å². The zero-order chi connectivity index (χ0) is 9.52. The number of rotatable bonds is 4. The molecule has 0 N–H and O–H groups in total. The molecule has 13 heavy (non-hydrogen) atoms. The molecule has 1 nitrogen and oxygen atoms in total. The molecule has 1 aliphatic carbocycles. The lowest BCUT2D eigenvalue weighted by Gasteiger charge is -2.20. The molecule has 1 fully saturated rings. The van der Waals surface area contributed by atoms with E-state index in [2.05, 4.69) is 29.5 Å². The molecule has 2 heteroatoms. The van der Waals surface area contributed by atoms with E-state index < -0.39 is 0 Å². The second-order valence-electron chi connectivity index (χ2n) is 3.92. The van der Waals surface area contributed by atoms with Crippen molar-refractivity contribution in [2.45, 2.75) is 61.9 Å². The van der Waals surface area contributed by atoms with Crippen LogP contribution in [0.2, 0.25) is 0 Å². The van der Waals surface area contributed by atoms with Gasteiger partial charge in [-0.05, 0) is 19.3 Å². The molecule has 0 aromatic heterocycles. The highest BCUT2D eigenvalue weighted by molar-refractivity contribution is 14.1. The smallest absolute Gasteiger partial charge is 0.0692 e. The number of hydrogen-bond acceptors (Lipinski definition) is 1. The van der Waals surface area contributed by atoms with Crippen molar-refractivity contribution in [3.05, 3.63) is 0 Å². The second-order valence-corrected chi connectivity index (χ2v) is 5.52. The van der Waals surface area contributed by atoms with E-state index in [0.29, 0.717) is 6.10 Å². The van der Waals surface area contributed by atoms with Crippen LogP contribution in [-0.4, -0.2) is 16.6 Å². The van der Waals surface area contributed by atoms with Gasteiger partial charge in [-0.2, -0.15) is 0 Å². The molecule has 2 atom stereocenters. The lowest BCUT2D eigenvalue weighted by atomic mass is 10.1. The van der Waals surface area contributed by atoms with Gasteiger partial charge >= 0.3 is 0 Å². The van der Waals surface area contributed by atoms with Crippen molar-refractivity contribution in [3.8, 4) is 0 Å². The molecule has 2 unspecified atom stereocenters. The van der Waals surface area contributed by atoms with Gasteiger partial charge in [0.25, 0.3) is 0 Å². The standard InChI is InChI=1S/C11H21IO/c1-2-3-9-13-11-8-6-4-5-7-10(11)12/h10-11H,2-9H2,1H3. The number of halogens is 1. The van der Waals surface area contributed by atoms with Crippen LogP contribution in [0.25, 0.3) is 0 Å². The molecule has 1 saturated carbocycles. The van der Waals surface area contributed by atoms with Gasteiger partial charge < -0.3 is 4.74 Å². The van der Waals surface area contributed by atoms with Crippen LogP contribution in [0.5, 0.6) is 0 Å². The molecule has 0 aromatic carbocycles. The summed E-state index contributed by atoms with van der Waals surface area (Å²) in [5, 5.41) is 0. The molecule has 0 heterocycles. The van der Waals surface area contributed by atoms with Crippen LogP contribution in [0, 0.1) is 0 Å². The minimum Gasteiger partial charge on any atom is -0.377 e. The van der Waals surface area contributed by atoms with Gasteiger partial charge in [0.15, 0.2) is 0 Å². The summed E-state index contributed by atoms with van der Waals surface area (Å²) in [6, 6.07) is 0. The normalized spacial score (nSPS) is 30.0. The van der Waals surface area contributed by atoms with E-state index in [9.17, 15) is 0 Å². The van der Waals surface area contributed by atoms with Gasteiger partial charge in [0, 0.05) is 10.5 Å². The summed E-state index contributed by atoms with van der Waals surface area (Å²) in [5.41, 5.74) is 0. The molecule has 0 aromatic rings. The number of hydrogen-bond donors (Lipinski definition) is 0. The number of ether oxygens (including phenoxy) is 1. The highest BCUT2D eigenvalue weighted by Crippen LogP contribution is 2.26. The van der Waals surface area contributed by atoms with E-state index in [1.165, 1.54) is 44.9 Å². The fourth-order valence-corrected chi connectivity index (χ4v) is 2.80. The quantitative estimate of drug-likeness (QED) is 0.330. The van der Waals surface area contributed by atoms with E-state index in [1.807, 2.05) is 0 Å². The molecular formula is C11H21IO. The summed E-state index contributed by atoms with van der Waals surface area (Å²) in [6.45, 7) is 3.19. The summed E-state index contributed by atoms with van der Waals surface area (Å²) >= 11 is 2.57. The van der Waals surface area contributed by atoms with Crippen molar-refractivity contribution in [1.82, 2.24) is 0 Å². The molecule has 0 bridgehead atoms. The first kappa shape index (κ1) is 11.8. The first-order valence-electron chi connectivity index (χ1n) is 5.60. The van der Waals surface area contributed by atoms with Crippen LogP contribution < -0.4 is 0 Å². The lowest BCUT2D eigenvalue weighted by Crippen LogP contribution is -2.23. The van der Waals surface area contributed by atoms with Crippen molar-refractivity contribution < 1.29 is 4.74 Å². The Kier molecular flexibility index (Phi) is 6.37. The average Bonchev–Trinajstić information content (AvgIpc) is 2.32. The molecule has 0 aliphatic heterocycles. The van der Waals surface area contributed by atoms with Crippen LogP contribution in [0.3, 0.4) is 0 Å². The van der Waals surface area contributed by atoms with Crippen molar-refractivity contribution in [2.24, 2.45) is 0 Å². The van der Waals surface area contributed by atoms with E-state index in [-0.39, 0.29) is 0 Å². The Morgan fingerprint density at radius 3 is 2.77 bits per heavy atom. The van der Waals surface area contributed by atoms with Crippen LogP contribution >= 0.6 is 22.6 Å². The zero-order valence-electron chi connectivity index (χ0n) is 8.60. The summed E-state index contributed by atoms with van der Waals surface area (Å²) in [6.07, 6.45) is 9.85. The average molecular weight is 296 g/mol. The van der Waals surface area contributed by atoms with Crippen molar-refractivity contribution in [2.75, 3.05) is 6.61 Å². The first-order valence-corrected chi connectivity index (χ1v) is 6.85. The van der Waals surface area contributed by atoms with Crippen LogP contribution in [0.15, 0.2) is 0 Å². The Hall–Kier alpha value is 0.690. The third kappa shape index (κ3) is 4.63. The molecule has 0 radical (unpaired) electrons. The van der Waals surface area contributed by atoms with Crippen LogP contribution in [0.1, 0.15) is 51.9 Å². The second kappa shape index (κ2) is 7.04. The third-order valence-electron chi connectivity index (χ3n) is 2.70. The Balaban J connectivity index is 2.19. The summed E-state index contributed by atoms with van der Waals surface area (Å²) < 4.78 is 6.67. The van der Waals surface area contributed by atoms with Gasteiger partial charge in [0.1, 0.15) is 0 Å². The molecule has 78 valence electrons. The van der Waals surface area contributed by atoms with Gasteiger partial charge in [-0.1, -0.05) is 55.2 Å². The first-order chi connectivity index (χ1) is 6.34. The molecule has 0 spiro atoms. The third-order valence-corrected chi connectivity index (χ3v) is 4.13. The minimum atomic E-state index is 0.551. The molecule has 1 rings (SSSR count). The Morgan fingerprint density at radius 2 is 2.00 bits per heavy atom. The van der Waals surface area contributed by atoms with E-state index in [1.54, 1.807) is 0 Å². The molecular weight excluding hydrogens is 275 g/mol. The largest absolute Gasteiger partial charge is 0.377 e. The Labute approximate surface area is 95.8 Å². The number of alkyl halides is 1. The zero-order valence-corrected chi connectivity index (χ0v) is 10.8. The molecule has 0 saturated heterocycles. The predicted molar refractivity (Wildman–Crippen MR) is 65.5 cm³/mol. The van der Waals surface area contributed by atoms with Crippen LogP contribution in [-0.2, 0) is 4.74 Å². The SMILES string of the molecule is CCCCOC1CCCCCC1I. The predicted octanol–water partition coefficient (Wildman–Crippen LogP) is 3.94. The van der Waals surface area contributed by atoms with Gasteiger partial charge in [0.05, 0.1) is 6.10 Å². The van der Waals surface area contributed by atoms with Crippen molar-refractivity contribution in [1.29, 1.82) is 0 Å². The van der Waals surface area contributed by atoms with Crippen molar-refractivity contribution >= 4 is 22.6 Å². The number of unbranched alkanes of at least 4 members (excludes halogenated alkanes) is 1. The minimum absolute atomic E-state index is 0.551. The summed E-state index contributed by atoms with van der Waals surface area (Å²) in [7, 11) is 0. The maximum atomic E-state index is 5.91. The monoisotopic (exact) mass is 296 g/mol. The Bertz CT molecular complexity index is 127. The van der Waals surface area contributed by atoms with E-state index in [4.69, 9.17) is 4.74 Å². The fourth-order valence-electron chi connectivity index (χ4n) is 1.80. The van der Waals surface area contributed by atoms with Gasteiger partial charge in [-0.3, -0.25) is 0 Å². The highest BCUT2D eigenvalue weighted by atomic mass is 127. The van der Waals surface area contributed by atoms with Crippen molar-refractivity contribution in [3.63, 3.8) is 0 Å². The van der Waals surface area contributed by atoms with Gasteiger partial charge in [-0.25, -0.2) is 0 Å². The maximum absolute atomic E-state index is 5.91. The molecule has 0 amide bonds. The summed E-state index contributed by atoms with van der Waals surface area (Å²) in [5.74, 6) is 0. The lowest BCUT2D eigenvalue weighted by molar-refractivity contribution is 0.0483. The van der Waals surface area contributed by atoms with E-state index in [0.717, 1.165) is 10.5 Å². The Morgan fingerprint density at radius 1 is 1.23 bits per heavy atom. The van der Waals surface area contributed by atoms with Crippen LogP contribution in [0.4, 0.5) is 0 Å². The van der Waals surface area contributed by atoms with E-state index >= 15 is 0 Å². The fraction of sp³-hybridized carbons (Fsp3) is 1.00. The highest BCUT2D eigenvalue weighted by Gasteiger charge is 2.21. The maximum Gasteiger partial charge on any atom is 0.0692 e. The van der Waals surface area contributed by atoms with Gasteiger partial charge in [0.2, 0.25) is 0 Å². The topological polar surface area (TPSA) is 9.23 Å². The molecule has 1 aliphatic rings. The summed E-state index contributed by atoms with van der Waals surface area (Å²) in [4.78, 5) is 0.